The van der Waals surface area contributed by atoms with E-state index in [4.69, 9.17) is 5.11 Å². The van der Waals surface area contributed by atoms with Gasteiger partial charge in [0.25, 0.3) is 0 Å². The Labute approximate surface area is 195 Å². The Hall–Kier alpha value is -1.57. The van der Waals surface area contributed by atoms with Crippen LogP contribution in [0, 0.1) is 10.8 Å². The Morgan fingerprint density at radius 2 is 1.25 bits per heavy atom. The number of aromatic nitrogens is 2. The third-order valence-corrected chi connectivity index (χ3v) is 4.49. The van der Waals surface area contributed by atoms with Crippen LogP contribution in [-0.4, -0.2) is 56.4 Å². The molecule has 0 aliphatic rings. The first-order chi connectivity index (χ1) is 14.2. The average molecular weight is 453 g/mol. The van der Waals surface area contributed by atoms with Gasteiger partial charge in [0.2, 0.25) is 0 Å². The summed E-state index contributed by atoms with van der Waals surface area (Å²) >= 11 is 0. The standard InChI is InChI=1S/C14H25N3O.C11H23NO2/c1-13(2,3)12(18)11(17-14(4,5)6)7-10-8-15-9-16-10;1-10(2,3)9(14)8(7-13)12-11(4,5)6/h8-9,11,17H,7H2,1-6H3,(H,15,16);8,12-13H,7H2,1-6H3/t11-;8-/m00/s1. The molecule has 0 unspecified atom stereocenters. The molecule has 1 heterocycles. The van der Waals surface area contributed by atoms with Gasteiger partial charge in [-0.25, -0.2) is 4.98 Å². The Bertz CT molecular complexity index is 700. The van der Waals surface area contributed by atoms with Gasteiger partial charge in [-0.05, 0) is 41.5 Å². The zero-order valence-corrected chi connectivity index (χ0v) is 22.4. The Balaban J connectivity index is 0.000000622. The van der Waals surface area contributed by atoms with Gasteiger partial charge in [-0.15, -0.1) is 0 Å². The van der Waals surface area contributed by atoms with Gasteiger partial charge < -0.3 is 20.7 Å². The minimum atomic E-state index is -0.463. The lowest BCUT2D eigenvalue weighted by Crippen LogP contribution is -2.52. The zero-order valence-electron chi connectivity index (χ0n) is 22.4. The molecule has 7 heteroatoms. The third-order valence-electron chi connectivity index (χ3n) is 4.49. The highest BCUT2D eigenvalue weighted by Gasteiger charge is 2.32. The van der Waals surface area contributed by atoms with Crippen LogP contribution in [0.3, 0.4) is 0 Å². The van der Waals surface area contributed by atoms with Crippen molar-refractivity contribution in [2.24, 2.45) is 10.8 Å². The van der Waals surface area contributed by atoms with Crippen LogP contribution in [-0.2, 0) is 16.0 Å². The van der Waals surface area contributed by atoms with Gasteiger partial charge in [0.15, 0.2) is 11.6 Å². The molecule has 186 valence electrons. The van der Waals surface area contributed by atoms with Crippen molar-refractivity contribution in [2.75, 3.05) is 6.61 Å². The van der Waals surface area contributed by atoms with E-state index in [-0.39, 0.29) is 40.7 Å². The molecule has 1 rings (SSSR count). The van der Waals surface area contributed by atoms with Crippen molar-refractivity contribution in [1.82, 2.24) is 20.6 Å². The van der Waals surface area contributed by atoms with Crippen molar-refractivity contribution in [1.29, 1.82) is 0 Å². The van der Waals surface area contributed by atoms with Gasteiger partial charge in [-0.3, -0.25) is 9.59 Å². The molecule has 0 aliphatic carbocycles. The van der Waals surface area contributed by atoms with Gasteiger partial charge in [-0.1, -0.05) is 41.5 Å². The van der Waals surface area contributed by atoms with E-state index < -0.39 is 11.5 Å². The minimum absolute atomic E-state index is 0.0509. The van der Waals surface area contributed by atoms with Crippen LogP contribution in [0.25, 0.3) is 0 Å². The lowest BCUT2D eigenvalue weighted by molar-refractivity contribution is -0.130. The number of carbonyl (C=O) groups is 2. The number of nitrogens with zero attached hydrogens (tertiary/aromatic N) is 1. The van der Waals surface area contributed by atoms with Crippen LogP contribution in [0.1, 0.15) is 88.8 Å². The molecular formula is C25H48N4O3. The lowest BCUT2D eigenvalue weighted by Gasteiger charge is -2.31. The number of hydrogen-bond donors (Lipinski definition) is 4. The molecule has 0 aromatic carbocycles. The average Bonchev–Trinajstić information content (AvgIpc) is 3.07. The number of ketones is 2. The normalized spacial score (nSPS) is 14.9. The number of H-pyrrole nitrogens is 1. The van der Waals surface area contributed by atoms with Crippen LogP contribution in [0.5, 0.6) is 0 Å². The second kappa shape index (κ2) is 11.5. The molecule has 0 saturated heterocycles. The monoisotopic (exact) mass is 452 g/mol. The molecule has 0 spiro atoms. The number of aliphatic hydroxyl groups excluding tert-OH is 1. The molecule has 4 N–H and O–H groups in total. The van der Waals surface area contributed by atoms with Gasteiger partial charge >= 0.3 is 0 Å². The number of carbonyl (C=O) groups excluding carboxylic acids is 2. The van der Waals surface area contributed by atoms with Gasteiger partial charge in [0, 0.05) is 40.2 Å². The maximum absolute atomic E-state index is 12.5. The van der Waals surface area contributed by atoms with Gasteiger partial charge in [0.05, 0.1) is 25.0 Å². The maximum Gasteiger partial charge on any atom is 0.157 e. The molecule has 0 bridgehead atoms. The number of nitrogens with one attached hydrogen (secondary N) is 3. The fourth-order valence-corrected chi connectivity index (χ4v) is 3.11. The minimum Gasteiger partial charge on any atom is -0.394 e. The topological polar surface area (TPSA) is 107 Å². The number of imidazole rings is 1. The third kappa shape index (κ3) is 12.5. The summed E-state index contributed by atoms with van der Waals surface area (Å²) in [6, 6.07) is -0.652. The summed E-state index contributed by atoms with van der Waals surface area (Å²) in [4.78, 5) is 31.4. The number of rotatable bonds is 7. The molecule has 0 saturated carbocycles. The highest BCUT2D eigenvalue weighted by molar-refractivity contribution is 5.89. The lowest BCUT2D eigenvalue weighted by atomic mass is 9.84. The first kappa shape index (κ1) is 30.4. The number of Topliss-reactive ketones (excluding diaryl/α,β-unsaturated/α-hetero) is 2. The van der Waals surface area contributed by atoms with Crippen LogP contribution < -0.4 is 10.6 Å². The molecule has 1 aromatic rings. The highest BCUT2D eigenvalue weighted by Crippen LogP contribution is 2.20. The van der Waals surface area contributed by atoms with Crippen molar-refractivity contribution >= 4 is 11.6 Å². The Morgan fingerprint density at radius 1 is 0.844 bits per heavy atom. The SMILES string of the molecule is CC(C)(C)N[C@@H](CO)C(=O)C(C)(C)C.CC(C)(C)N[C@@H](Cc1cnc[nH]1)C(=O)C(C)(C)C. The first-order valence-electron chi connectivity index (χ1n) is 11.4. The molecular weight excluding hydrogens is 404 g/mol. The molecule has 0 radical (unpaired) electrons. The molecule has 32 heavy (non-hydrogen) atoms. The first-order valence-corrected chi connectivity index (χ1v) is 11.4. The van der Waals surface area contributed by atoms with Crippen molar-refractivity contribution in [3.8, 4) is 0 Å². The largest absolute Gasteiger partial charge is 0.394 e. The van der Waals surface area contributed by atoms with Crippen molar-refractivity contribution in [3.63, 3.8) is 0 Å². The molecule has 1 aromatic heterocycles. The van der Waals surface area contributed by atoms with E-state index in [1.54, 1.807) is 12.5 Å². The number of aliphatic hydroxyl groups is 1. The van der Waals surface area contributed by atoms with E-state index >= 15 is 0 Å². The van der Waals surface area contributed by atoms with E-state index in [1.807, 2.05) is 62.3 Å². The van der Waals surface area contributed by atoms with Crippen LogP contribution >= 0.6 is 0 Å². The summed E-state index contributed by atoms with van der Waals surface area (Å²) in [6.07, 6.45) is 4.06. The fourth-order valence-electron chi connectivity index (χ4n) is 3.11. The van der Waals surface area contributed by atoms with Crippen LogP contribution in [0.2, 0.25) is 0 Å². The maximum atomic E-state index is 12.5. The van der Waals surface area contributed by atoms with Crippen molar-refractivity contribution in [3.05, 3.63) is 18.2 Å². The molecule has 0 fully saturated rings. The second-order valence-corrected chi connectivity index (χ2v) is 12.6. The van der Waals surface area contributed by atoms with Gasteiger partial charge in [-0.2, -0.15) is 0 Å². The number of aromatic amines is 1. The summed E-state index contributed by atoms with van der Waals surface area (Å²) in [5.74, 6) is 0.280. The summed E-state index contributed by atoms with van der Waals surface area (Å²) in [5.41, 5.74) is -0.0246. The van der Waals surface area contributed by atoms with E-state index in [0.717, 1.165) is 5.69 Å². The predicted molar refractivity (Wildman–Crippen MR) is 132 cm³/mol. The summed E-state index contributed by atoms with van der Waals surface area (Å²) in [7, 11) is 0. The molecule has 0 aliphatic heterocycles. The second-order valence-electron chi connectivity index (χ2n) is 12.6. The van der Waals surface area contributed by atoms with Crippen molar-refractivity contribution < 1.29 is 14.7 Å². The Morgan fingerprint density at radius 3 is 1.56 bits per heavy atom. The smallest absolute Gasteiger partial charge is 0.157 e. The molecule has 7 nitrogen and oxygen atoms in total. The van der Waals surface area contributed by atoms with E-state index in [0.29, 0.717) is 6.42 Å². The molecule has 2 atom stereocenters. The van der Waals surface area contributed by atoms with Crippen LogP contribution in [0.15, 0.2) is 12.5 Å². The summed E-state index contributed by atoms with van der Waals surface area (Å²) in [6.45, 7) is 23.5. The van der Waals surface area contributed by atoms with Gasteiger partial charge in [0.1, 0.15) is 0 Å². The summed E-state index contributed by atoms with van der Waals surface area (Å²) < 4.78 is 0. The van der Waals surface area contributed by atoms with E-state index in [9.17, 15) is 9.59 Å². The molecule has 0 amide bonds. The highest BCUT2D eigenvalue weighted by atomic mass is 16.3. The van der Waals surface area contributed by atoms with E-state index in [1.165, 1.54) is 0 Å². The van der Waals surface area contributed by atoms with Crippen LogP contribution in [0.4, 0.5) is 0 Å². The van der Waals surface area contributed by atoms with E-state index in [2.05, 4.69) is 41.4 Å². The quantitative estimate of drug-likeness (QED) is 0.503. The predicted octanol–water partition coefficient (Wildman–Crippen LogP) is 3.67. The summed E-state index contributed by atoms with van der Waals surface area (Å²) in [5, 5.41) is 15.7. The van der Waals surface area contributed by atoms with Crippen molar-refractivity contribution in [2.45, 2.75) is 113 Å². The Kier molecular flexibility index (Phi) is 11.0. The fraction of sp³-hybridized carbons (Fsp3) is 0.800. The number of hydrogen-bond acceptors (Lipinski definition) is 6. The zero-order chi connectivity index (χ0) is 25.5.